The number of alkyl halides is 1. The molecule has 0 fully saturated rings. The van der Waals surface area contributed by atoms with Crippen molar-refractivity contribution in [3.05, 3.63) is 29.8 Å². The lowest BCUT2D eigenvalue weighted by atomic mass is 9.82. The van der Waals surface area contributed by atoms with Crippen LogP contribution < -0.4 is 4.90 Å². The Morgan fingerprint density at radius 1 is 1.38 bits per heavy atom. The van der Waals surface area contributed by atoms with Gasteiger partial charge in [0.25, 0.3) is 0 Å². The normalized spacial score (nSPS) is 21.3. The minimum absolute atomic E-state index is 0.101. The number of hydrazone groups is 1. The highest BCUT2D eigenvalue weighted by Crippen LogP contribution is 2.36. The third-order valence-electron chi connectivity index (χ3n) is 4.65. The number of nitrogens with zero attached hydrogens (tertiary/aromatic N) is 3. The molecule has 1 aliphatic heterocycles. The third-order valence-corrected chi connectivity index (χ3v) is 4.65. The molecule has 0 aromatic heterocycles. The Hall–Kier alpha value is -2.24. The summed E-state index contributed by atoms with van der Waals surface area (Å²) in [4.78, 5) is 25.8. The van der Waals surface area contributed by atoms with Crippen molar-refractivity contribution in [2.75, 3.05) is 11.9 Å². The minimum Gasteiger partial charge on any atom is -0.278 e. The van der Waals surface area contributed by atoms with Gasteiger partial charge in [-0.3, -0.25) is 19.5 Å². The van der Waals surface area contributed by atoms with E-state index in [1.54, 1.807) is 19.1 Å². The summed E-state index contributed by atoms with van der Waals surface area (Å²) in [7, 11) is 1.48. The highest BCUT2D eigenvalue weighted by Gasteiger charge is 2.42. The summed E-state index contributed by atoms with van der Waals surface area (Å²) < 4.78 is 14.4. The van der Waals surface area contributed by atoms with E-state index in [4.69, 9.17) is 0 Å². The fourth-order valence-corrected chi connectivity index (χ4v) is 3.61. The second-order valence-corrected chi connectivity index (χ2v) is 8.20. The molecule has 0 bridgehead atoms. The van der Waals surface area contributed by atoms with Gasteiger partial charge in [0.1, 0.15) is 5.92 Å². The summed E-state index contributed by atoms with van der Waals surface area (Å²) in [5.41, 5.74) is 1.89. The first-order valence-electron chi connectivity index (χ1n) is 8.86. The van der Waals surface area contributed by atoms with E-state index in [1.807, 2.05) is 12.1 Å². The molecule has 0 spiro atoms. The maximum Gasteiger partial charge on any atom is 0.247 e. The lowest BCUT2D eigenvalue weighted by Gasteiger charge is -2.28. The zero-order valence-corrected chi connectivity index (χ0v) is 16.4. The number of hydrogen-bond acceptors (Lipinski definition) is 4. The Bertz CT molecular complexity index is 711. The largest absolute Gasteiger partial charge is 0.278 e. The number of carbonyl (C=O) groups excluding carboxylic acids is 2. The van der Waals surface area contributed by atoms with Crippen LogP contribution >= 0.6 is 0 Å². The van der Waals surface area contributed by atoms with Crippen LogP contribution in [-0.2, 0) is 9.59 Å². The first kappa shape index (κ1) is 20.1. The second kappa shape index (κ2) is 7.56. The third kappa shape index (κ3) is 4.11. The van der Waals surface area contributed by atoms with Gasteiger partial charge in [-0.05, 0) is 36.3 Å². The van der Waals surface area contributed by atoms with E-state index in [0.717, 1.165) is 21.9 Å². The number of hydrogen-bond donors (Lipinski definition) is 0. The molecule has 0 saturated heterocycles. The topological polar surface area (TPSA) is 53.0 Å². The van der Waals surface area contributed by atoms with E-state index < -0.39 is 18.1 Å². The average molecular weight is 361 g/mol. The molecule has 1 aromatic rings. The van der Waals surface area contributed by atoms with Crippen molar-refractivity contribution in [3.63, 3.8) is 0 Å². The molecule has 2 amide bonds. The monoisotopic (exact) mass is 361 g/mol. The fraction of sp³-hybridized carbons (Fsp3) is 0.550. The van der Waals surface area contributed by atoms with Gasteiger partial charge in [0.2, 0.25) is 18.6 Å². The number of amides is 2. The number of rotatable bonds is 5. The van der Waals surface area contributed by atoms with Crippen LogP contribution in [0.4, 0.5) is 10.1 Å². The van der Waals surface area contributed by atoms with Gasteiger partial charge in [-0.15, -0.1) is 0 Å². The smallest absolute Gasteiger partial charge is 0.247 e. The molecule has 0 radical (unpaired) electrons. The van der Waals surface area contributed by atoms with Crippen LogP contribution in [0.15, 0.2) is 29.4 Å². The van der Waals surface area contributed by atoms with E-state index in [9.17, 15) is 14.0 Å². The van der Waals surface area contributed by atoms with Gasteiger partial charge in [0.15, 0.2) is 0 Å². The number of anilines is 1. The first-order valence-corrected chi connectivity index (χ1v) is 8.86. The zero-order chi connectivity index (χ0) is 19.6. The van der Waals surface area contributed by atoms with Gasteiger partial charge in [0.05, 0.1) is 11.4 Å². The minimum atomic E-state index is -1.57. The van der Waals surface area contributed by atoms with Crippen LogP contribution in [0.3, 0.4) is 0 Å². The van der Waals surface area contributed by atoms with Gasteiger partial charge in [0, 0.05) is 7.05 Å². The molecule has 3 atom stereocenters. The summed E-state index contributed by atoms with van der Waals surface area (Å²) in [6.07, 6.45) is -0.198. The first-order chi connectivity index (χ1) is 12.1. The summed E-state index contributed by atoms with van der Waals surface area (Å²) in [6.45, 7) is 10.1. The molecule has 1 aliphatic rings. The predicted octanol–water partition coefficient (Wildman–Crippen LogP) is 3.95. The van der Waals surface area contributed by atoms with Crippen LogP contribution in [0, 0.1) is 11.3 Å². The Morgan fingerprint density at radius 3 is 2.50 bits per heavy atom. The van der Waals surface area contributed by atoms with Gasteiger partial charge in [-0.25, -0.2) is 4.39 Å². The summed E-state index contributed by atoms with van der Waals surface area (Å²) >= 11 is 0. The molecule has 142 valence electrons. The standard InChI is InChI=1S/C20H28FN3O2/c1-13(11-20(3,4)5)15-9-7-8-10-16(15)24(12-25)19(26)17-14(2)22-23(6)18(17)21/h7-10,12-13,17-18H,11H2,1-6H3. The maximum absolute atomic E-state index is 14.4. The highest BCUT2D eigenvalue weighted by atomic mass is 19.1. The van der Waals surface area contributed by atoms with Crippen LogP contribution in [0.1, 0.15) is 52.5 Å². The molecule has 6 heteroatoms. The predicted molar refractivity (Wildman–Crippen MR) is 102 cm³/mol. The summed E-state index contributed by atoms with van der Waals surface area (Å²) in [5.74, 6) is -1.52. The Kier molecular flexibility index (Phi) is 5.84. The van der Waals surface area contributed by atoms with Gasteiger partial charge < -0.3 is 0 Å². The van der Waals surface area contributed by atoms with Crippen molar-refractivity contribution >= 4 is 23.7 Å². The Balaban J connectivity index is 2.38. The Morgan fingerprint density at radius 2 is 2.00 bits per heavy atom. The summed E-state index contributed by atoms with van der Waals surface area (Å²) in [6, 6.07) is 7.32. The SMILES string of the molecule is CC1=NN(C)C(F)C1C(=O)N(C=O)c1ccccc1C(C)CC(C)(C)C. The van der Waals surface area contributed by atoms with Crippen molar-refractivity contribution < 1.29 is 14.0 Å². The van der Waals surface area contributed by atoms with E-state index in [-0.39, 0.29) is 11.3 Å². The molecule has 5 nitrogen and oxygen atoms in total. The van der Waals surface area contributed by atoms with Gasteiger partial charge >= 0.3 is 0 Å². The fourth-order valence-electron chi connectivity index (χ4n) is 3.61. The average Bonchev–Trinajstić information content (AvgIpc) is 2.79. The molecule has 2 rings (SSSR count). The highest BCUT2D eigenvalue weighted by molar-refractivity contribution is 6.17. The number of benzene rings is 1. The lowest BCUT2D eigenvalue weighted by molar-refractivity contribution is -0.125. The van der Waals surface area contributed by atoms with Crippen molar-refractivity contribution in [2.24, 2.45) is 16.4 Å². The van der Waals surface area contributed by atoms with Crippen molar-refractivity contribution in [3.8, 4) is 0 Å². The van der Waals surface area contributed by atoms with Gasteiger partial charge in [-0.1, -0.05) is 45.9 Å². The summed E-state index contributed by atoms with van der Waals surface area (Å²) in [5, 5.41) is 5.12. The van der Waals surface area contributed by atoms with Gasteiger partial charge in [-0.2, -0.15) is 5.10 Å². The van der Waals surface area contributed by atoms with Crippen molar-refractivity contribution in [1.29, 1.82) is 0 Å². The number of para-hydroxylation sites is 1. The van der Waals surface area contributed by atoms with Crippen LogP contribution in [-0.4, -0.2) is 36.4 Å². The zero-order valence-electron chi connectivity index (χ0n) is 16.4. The van der Waals surface area contributed by atoms with Crippen molar-refractivity contribution in [2.45, 2.75) is 53.3 Å². The second-order valence-electron chi connectivity index (χ2n) is 8.20. The molecule has 26 heavy (non-hydrogen) atoms. The molecule has 1 aromatic carbocycles. The van der Waals surface area contributed by atoms with E-state index >= 15 is 0 Å². The van der Waals surface area contributed by atoms with Crippen molar-refractivity contribution in [1.82, 2.24) is 5.01 Å². The maximum atomic E-state index is 14.4. The lowest BCUT2D eigenvalue weighted by Crippen LogP contribution is -2.43. The molecular formula is C20H28FN3O2. The number of imide groups is 1. The molecule has 1 heterocycles. The van der Waals surface area contributed by atoms with Crippen LogP contribution in [0.25, 0.3) is 0 Å². The molecule has 0 saturated carbocycles. The van der Waals surface area contributed by atoms with E-state index in [1.165, 1.54) is 7.05 Å². The van der Waals surface area contributed by atoms with Crippen LogP contribution in [0.2, 0.25) is 0 Å². The number of halogens is 1. The molecule has 0 aliphatic carbocycles. The molecular weight excluding hydrogens is 333 g/mol. The van der Waals surface area contributed by atoms with E-state index in [0.29, 0.717) is 17.8 Å². The quantitative estimate of drug-likeness (QED) is 0.589. The van der Waals surface area contributed by atoms with E-state index in [2.05, 4.69) is 32.8 Å². The molecule has 3 unspecified atom stereocenters. The van der Waals surface area contributed by atoms with Crippen LogP contribution in [0.5, 0.6) is 0 Å². The number of carbonyl (C=O) groups is 2. The molecule has 0 N–H and O–H groups in total. The Labute approximate surface area is 154 Å².